The number of rotatable bonds is 3. The molecule has 0 fully saturated rings. The summed E-state index contributed by atoms with van der Waals surface area (Å²) in [4.78, 5) is 0. The number of benzene rings is 1. The van der Waals surface area contributed by atoms with Crippen LogP contribution in [0, 0.1) is 27.7 Å². The van der Waals surface area contributed by atoms with E-state index in [9.17, 15) is 0 Å². The van der Waals surface area contributed by atoms with Crippen LogP contribution in [0.25, 0.3) is 0 Å². The van der Waals surface area contributed by atoms with Gasteiger partial charge in [0.25, 0.3) is 0 Å². The molecular formula is C16H21NO. The molecule has 0 aliphatic rings. The lowest BCUT2D eigenvalue weighted by molar-refractivity contribution is 0.443. The van der Waals surface area contributed by atoms with E-state index >= 15 is 0 Å². The van der Waals surface area contributed by atoms with Crippen molar-refractivity contribution in [2.45, 2.75) is 33.7 Å². The first-order chi connectivity index (χ1) is 8.52. The molecule has 1 heterocycles. The number of hydrogen-bond donors (Lipinski definition) is 1. The molecule has 0 bridgehead atoms. The molecule has 0 spiro atoms. The van der Waals surface area contributed by atoms with Crippen LogP contribution >= 0.6 is 0 Å². The first kappa shape index (κ1) is 12.9. The summed E-state index contributed by atoms with van der Waals surface area (Å²) in [5.74, 6) is 1.98. The maximum absolute atomic E-state index is 5.83. The Hall–Kier alpha value is -1.54. The largest absolute Gasteiger partial charge is 0.464 e. The van der Waals surface area contributed by atoms with E-state index in [1.54, 1.807) is 0 Å². The van der Waals surface area contributed by atoms with Gasteiger partial charge in [-0.1, -0.05) is 18.2 Å². The summed E-state index contributed by atoms with van der Waals surface area (Å²) >= 11 is 0. The minimum Gasteiger partial charge on any atom is -0.464 e. The van der Waals surface area contributed by atoms with Crippen LogP contribution in [0.1, 0.15) is 39.8 Å². The lowest BCUT2D eigenvalue weighted by Crippen LogP contribution is -2.17. The highest BCUT2D eigenvalue weighted by molar-refractivity contribution is 5.36. The smallest absolute Gasteiger partial charge is 0.125 e. The Kier molecular flexibility index (Phi) is 3.58. The van der Waals surface area contributed by atoms with Crippen LogP contribution < -0.4 is 5.32 Å². The standard InChI is InChI=1S/C16H21NO/c1-10-6-7-14(8-11(10)2)16(17-5)15-9-12(3)13(4)18-15/h6-9,16-17H,1-5H3. The predicted octanol–water partition coefficient (Wildman–Crippen LogP) is 3.82. The van der Waals surface area contributed by atoms with Gasteiger partial charge in [0.15, 0.2) is 0 Å². The first-order valence-corrected chi connectivity index (χ1v) is 6.34. The Bertz CT molecular complexity index is 535. The fraction of sp³-hybridized carbons (Fsp3) is 0.375. The van der Waals surface area contributed by atoms with Crippen molar-refractivity contribution < 1.29 is 4.42 Å². The van der Waals surface area contributed by atoms with Crippen LogP contribution in [0.3, 0.4) is 0 Å². The fourth-order valence-corrected chi connectivity index (χ4v) is 2.16. The van der Waals surface area contributed by atoms with Crippen molar-refractivity contribution in [1.29, 1.82) is 0 Å². The molecule has 0 radical (unpaired) electrons. The first-order valence-electron chi connectivity index (χ1n) is 6.34. The Labute approximate surface area is 109 Å². The van der Waals surface area contributed by atoms with Gasteiger partial charge < -0.3 is 9.73 Å². The molecule has 0 aliphatic heterocycles. The topological polar surface area (TPSA) is 25.2 Å². The molecule has 0 saturated carbocycles. The molecule has 2 aromatic rings. The van der Waals surface area contributed by atoms with Crippen molar-refractivity contribution in [3.05, 3.63) is 58.0 Å². The summed E-state index contributed by atoms with van der Waals surface area (Å²) < 4.78 is 5.83. The maximum atomic E-state index is 5.83. The zero-order valence-corrected chi connectivity index (χ0v) is 11.8. The molecule has 0 saturated heterocycles. The summed E-state index contributed by atoms with van der Waals surface area (Å²) in [6, 6.07) is 8.79. The van der Waals surface area contributed by atoms with Crippen LogP contribution in [-0.4, -0.2) is 7.05 Å². The molecule has 0 aliphatic carbocycles. The second-order valence-corrected chi connectivity index (χ2v) is 4.95. The number of nitrogens with one attached hydrogen (secondary N) is 1. The molecule has 1 atom stereocenters. The van der Waals surface area contributed by atoms with Gasteiger partial charge in [-0.25, -0.2) is 0 Å². The average Bonchev–Trinajstić information content (AvgIpc) is 2.65. The molecule has 1 unspecified atom stereocenters. The van der Waals surface area contributed by atoms with Gasteiger partial charge in [-0.3, -0.25) is 0 Å². The molecule has 1 N–H and O–H groups in total. The third-order valence-electron chi connectivity index (χ3n) is 3.62. The van der Waals surface area contributed by atoms with E-state index in [0.29, 0.717) is 0 Å². The summed E-state index contributed by atoms with van der Waals surface area (Å²) in [7, 11) is 1.97. The summed E-state index contributed by atoms with van der Waals surface area (Å²) in [5, 5.41) is 3.33. The molecule has 18 heavy (non-hydrogen) atoms. The van der Waals surface area contributed by atoms with E-state index in [1.165, 1.54) is 22.3 Å². The SMILES string of the molecule is CNC(c1ccc(C)c(C)c1)c1cc(C)c(C)o1. The summed E-state index contributed by atoms with van der Waals surface area (Å²) in [5.41, 5.74) is 5.08. The molecule has 1 aromatic heterocycles. The van der Waals surface area contributed by atoms with E-state index in [-0.39, 0.29) is 6.04 Å². The number of hydrogen-bond acceptors (Lipinski definition) is 2. The molecule has 2 heteroatoms. The Morgan fingerprint density at radius 3 is 2.17 bits per heavy atom. The molecule has 96 valence electrons. The minimum atomic E-state index is 0.122. The zero-order valence-electron chi connectivity index (χ0n) is 11.8. The summed E-state index contributed by atoms with van der Waals surface area (Å²) in [6.45, 7) is 8.36. The molecule has 2 nitrogen and oxygen atoms in total. The minimum absolute atomic E-state index is 0.122. The van der Waals surface area contributed by atoms with E-state index in [2.05, 4.69) is 50.4 Å². The van der Waals surface area contributed by atoms with Gasteiger partial charge >= 0.3 is 0 Å². The van der Waals surface area contributed by atoms with Crippen molar-refractivity contribution in [3.8, 4) is 0 Å². The second-order valence-electron chi connectivity index (χ2n) is 4.95. The average molecular weight is 243 g/mol. The quantitative estimate of drug-likeness (QED) is 0.886. The van der Waals surface area contributed by atoms with Crippen LogP contribution in [0.5, 0.6) is 0 Å². The van der Waals surface area contributed by atoms with E-state index < -0.39 is 0 Å². The Balaban J connectivity index is 2.41. The van der Waals surface area contributed by atoms with Gasteiger partial charge in [0.05, 0.1) is 6.04 Å². The highest BCUT2D eigenvalue weighted by atomic mass is 16.3. The lowest BCUT2D eigenvalue weighted by Gasteiger charge is -2.15. The number of aryl methyl sites for hydroxylation is 4. The summed E-state index contributed by atoms with van der Waals surface area (Å²) in [6.07, 6.45) is 0. The molecule has 1 aromatic carbocycles. The fourth-order valence-electron chi connectivity index (χ4n) is 2.16. The van der Waals surface area contributed by atoms with Crippen LogP contribution in [0.4, 0.5) is 0 Å². The van der Waals surface area contributed by atoms with Gasteiger partial charge in [-0.2, -0.15) is 0 Å². The second kappa shape index (κ2) is 4.99. The normalized spacial score (nSPS) is 12.7. The Morgan fingerprint density at radius 2 is 1.67 bits per heavy atom. The molecule has 2 rings (SSSR count). The van der Waals surface area contributed by atoms with Gasteiger partial charge in [0, 0.05) is 0 Å². The zero-order chi connectivity index (χ0) is 13.3. The number of furan rings is 1. The van der Waals surface area contributed by atoms with Crippen LogP contribution in [-0.2, 0) is 0 Å². The highest BCUT2D eigenvalue weighted by Crippen LogP contribution is 2.27. The van der Waals surface area contributed by atoms with Crippen molar-refractivity contribution in [1.82, 2.24) is 5.32 Å². The maximum Gasteiger partial charge on any atom is 0.125 e. The van der Waals surface area contributed by atoms with Crippen LogP contribution in [0.2, 0.25) is 0 Å². The van der Waals surface area contributed by atoms with Crippen LogP contribution in [0.15, 0.2) is 28.7 Å². The van der Waals surface area contributed by atoms with Crippen molar-refractivity contribution in [2.75, 3.05) is 7.05 Å². The van der Waals surface area contributed by atoms with Crippen molar-refractivity contribution in [2.24, 2.45) is 0 Å². The van der Waals surface area contributed by atoms with Crippen molar-refractivity contribution in [3.63, 3.8) is 0 Å². The predicted molar refractivity (Wildman–Crippen MR) is 75.0 cm³/mol. The van der Waals surface area contributed by atoms with Gasteiger partial charge in [0.2, 0.25) is 0 Å². The van der Waals surface area contributed by atoms with E-state index in [4.69, 9.17) is 4.42 Å². The third kappa shape index (κ3) is 2.34. The highest BCUT2D eigenvalue weighted by Gasteiger charge is 2.17. The van der Waals surface area contributed by atoms with E-state index in [1.807, 2.05) is 14.0 Å². The lowest BCUT2D eigenvalue weighted by atomic mass is 9.99. The Morgan fingerprint density at radius 1 is 0.944 bits per heavy atom. The monoisotopic (exact) mass is 243 g/mol. The van der Waals surface area contributed by atoms with Crippen molar-refractivity contribution >= 4 is 0 Å². The van der Waals surface area contributed by atoms with Gasteiger partial charge in [-0.15, -0.1) is 0 Å². The van der Waals surface area contributed by atoms with E-state index in [0.717, 1.165) is 11.5 Å². The molecular weight excluding hydrogens is 222 g/mol. The van der Waals surface area contributed by atoms with Gasteiger partial charge in [0.1, 0.15) is 11.5 Å². The molecule has 0 amide bonds. The third-order valence-corrected chi connectivity index (χ3v) is 3.62. The van der Waals surface area contributed by atoms with Gasteiger partial charge in [-0.05, 0) is 63.1 Å².